The van der Waals surface area contributed by atoms with Gasteiger partial charge in [-0.1, -0.05) is 30.5 Å². The molecule has 5 N–H and O–H groups in total. The van der Waals surface area contributed by atoms with Gasteiger partial charge >= 0.3 is 7.12 Å². The number of amides is 1. The monoisotopic (exact) mass is 417 g/mol. The van der Waals surface area contributed by atoms with Crippen LogP contribution in [0.5, 0.6) is 0 Å². The highest BCUT2D eigenvalue weighted by Gasteiger charge is 2.17. The first-order chi connectivity index (χ1) is 12.5. The standard InChI is InChI=1S/C14H21BClN7O3.ClH/c16-12-5-4-10(7-18-12)8-19-13(24)9-23-14(20-21-22-23)11(17)3-1-2-6-15(25)26;/h4-5,7,11,25-26H,1-3,6,8-9,17H2,(H,19,24);1H. The summed E-state index contributed by atoms with van der Waals surface area (Å²) in [6.45, 7) is 0.266. The molecule has 0 aliphatic heterocycles. The van der Waals surface area contributed by atoms with Crippen molar-refractivity contribution in [2.75, 3.05) is 0 Å². The maximum absolute atomic E-state index is 12.1. The molecule has 2 aromatic heterocycles. The highest BCUT2D eigenvalue weighted by atomic mass is 35.5. The third-order valence-corrected chi connectivity index (χ3v) is 3.91. The second-order valence-electron chi connectivity index (χ2n) is 5.83. The van der Waals surface area contributed by atoms with Crippen LogP contribution in [-0.4, -0.2) is 48.3 Å². The molecule has 2 aromatic rings. The Morgan fingerprint density at radius 2 is 2.15 bits per heavy atom. The van der Waals surface area contributed by atoms with E-state index < -0.39 is 13.2 Å². The predicted octanol–water partition coefficient (Wildman–Crippen LogP) is 0.103. The second kappa shape index (κ2) is 11.8. The summed E-state index contributed by atoms with van der Waals surface area (Å²) in [5.41, 5.74) is 6.89. The van der Waals surface area contributed by atoms with Crippen molar-refractivity contribution < 1.29 is 14.8 Å². The van der Waals surface area contributed by atoms with Gasteiger partial charge in [-0.3, -0.25) is 4.79 Å². The lowest BCUT2D eigenvalue weighted by Gasteiger charge is -2.11. The van der Waals surface area contributed by atoms with E-state index in [9.17, 15) is 4.79 Å². The van der Waals surface area contributed by atoms with E-state index in [2.05, 4.69) is 25.8 Å². The Morgan fingerprint density at radius 1 is 1.37 bits per heavy atom. The fourth-order valence-electron chi connectivity index (χ4n) is 2.31. The van der Waals surface area contributed by atoms with Crippen LogP contribution in [0.4, 0.5) is 0 Å². The first-order valence-corrected chi connectivity index (χ1v) is 8.58. The van der Waals surface area contributed by atoms with Gasteiger partial charge in [0.1, 0.15) is 11.7 Å². The van der Waals surface area contributed by atoms with Gasteiger partial charge in [-0.2, -0.15) is 0 Å². The van der Waals surface area contributed by atoms with Crippen LogP contribution in [-0.2, 0) is 17.9 Å². The molecule has 0 fully saturated rings. The first-order valence-electron chi connectivity index (χ1n) is 8.20. The number of halogens is 2. The van der Waals surface area contributed by atoms with Gasteiger partial charge in [0, 0.05) is 12.7 Å². The molecule has 2 rings (SSSR count). The van der Waals surface area contributed by atoms with Gasteiger partial charge in [0.2, 0.25) is 5.91 Å². The summed E-state index contributed by atoms with van der Waals surface area (Å²) < 4.78 is 1.36. The van der Waals surface area contributed by atoms with E-state index in [1.165, 1.54) is 4.68 Å². The van der Waals surface area contributed by atoms with E-state index in [4.69, 9.17) is 27.4 Å². The molecule has 0 aliphatic rings. The zero-order valence-electron chi connectivity index (χ0n) is 14.5. The molecular weight excluding hydrogens is 396 g/mol. The molecule has 0 radical (unpaired) electrons. The number of carbonyl (C=O) groups excluding carboxylic acids is 1. The van der Waals surface area contributed by atoms with E-state index in [0.29, 0.717) is 43.1 Å². The van der Waals surface area contributed by atoms with Gasteiger partial charge in [0.25, 0.3) is 0 Å². The lowest BCUT2D eigenvalue weighted by atomic mass is 9.83. The van der Waals surface area contributed by atoms with Crippen molar-refractivity contribution in [3.8, 4) is 0 Å². The van der Waals surface area contributed by atoms with E-state index in [1.54, 1.807) is 18.3 Å². The van der Waals surface area contributed by atoms with Crippen LogP contribution in [0.2, 0.25) is 11.5 Å². The summed E-state index contributed by atoms with van der Waals surface area (Å²) in [6, 6.07) is 2.99. The van der Waals surface area contributed by atoms with Crippen molar-refractivity contribution in [3.05, 3.63) is 34.9 Å². The maximum atomic E-state index is 12.1. The van der Waals surface area contributed by atoms with E-state index in [0.717, 1.165) is 5.56 Å². The number of carbonyl (C=O) groups is 1. The van der Waals surface area contributed by atoms with Crippen molar-refractivity contribution in [3.63, 3.8) is 0 Å². The molecule has 1 unspecified atom stereocenters. The molecule has 0 saturated carbocycles. The molecule has 148 valence electrons. The molecule has 1 amide bonds. The van der Waals surface area contributed by atoms with Crippen molar-refractivity contribution in [2.45, 2.75) is 44.7 Å². The number of nitrogens with one attached hydrogen (secondary N) is 1. The van der Waals surface area contributed by atoms with Gasteiger partial charge < -0.3 is 21.1 Å². The Morgan fingerprint density at radius 3 is 2.81 bits per heavy atom. The molecule has 0 bridgehead atoms. The number of nitrogens with two attached hydrogens (primary N) is 1. The van der Waals surface area contributed by atoms with Crippen molar-refractivity contribution in [1.82, 2.24) is 30.5 Å². The Balaban J connectivity index is 0.00000364. The summed E-state index contributed by atoms with van der Waals surface area (Å²) >= 11 is 5.72. The van der Waals surface area contributed by atoms with Crippen molar-refractivity contribution in [2.24, 2.45) is 5.73 Å². The lowest BCUT2D eigenvalue weighted by molar-refractivity contribution is -0.122. The number of aromatic nitrogens is 5. The molecule has 2 heterocycles. The first kappa shape index (κ1) is 23.3. The highest BCUT2D eigenvalue weighted by Crippen LogP contribution is 2.15. The van der Waals surface area contributed by atoms with E-state index in [1.807, 2.05) is 0 Å². The zero-order chi connectivity index (χ0) is 18.9. The highest BCUT2D eigenvalue weighted by molar-refractivity contribution is 6.40. The molecule has 10 nitrogen and oxygen atoms in total. The number of tetrazole rings is 1. The summed E-state index contributed by atoms with van der Waals surface area (Å²) in [5.74, 6) is 0.155. The predicted molar refractivity (Wildman–Crippen MR) is 102 cm³/mol. The lowest BCUT2D eigenvalue weighted by Crippen LogP contribution is -2.29. The second-order valence-corrected chi connectivity index (χ2v) is 6.22. The van der Waals surface area contributed by atoms with Crippen LogP contribution in [0, 0.1) is 0 Å². The topological polar surface area (TPSA) is 152 Å². The molecule has 1 atom stereocenters. The summed E-state index contributed by atoms with van der Waals surface area (Å²) in [7, 11) is -1.31. The number of hydrogen-bond acceptors (Lipinski definition) is 8. The third-order valence-electron chi connectivity index (χ3n) is 3.69. The summed E-state index contributed by atoms with van der Waals surface area (Å²) in [4.78, 5) is 16.0. The van der Waals surface area contributed by atoms with Crippen LogP contribution in [0.1, 0.15) is 36.7 Å². The van der Waals surface area contributed by atoms with Gasteiger partial charge in [-0.15, -0.1) is 17.5 Å². The minimum atomic E-state index is -1.31. The number of hydrogen-bond donors (Lipinski definition) is 4. The Hall–Kier alpha value is -1.79. The van der Waals surface area contributed by atoms with Crippen LogP contribution in [0.25, 0.3) is 0 Å². The molecule has 0 spiro atoms. The smallest absolute Gasteiger partial charge is 0.427 e. The van der Waals surface area contributed by atoms with Crippen molar-refractivity contribution in [1.29, 1.82) is 0 Å². The van der Waals surface area contributed by atoms with Crippen LogP contribution in [0.3, 0.4) is 0 Å². The van der Waals surface area contributed by atoms with Gasteiger partial charge in [-0.25, -0.2) is 9.67 Å². The van der Waals surface area contributed by atoms with Gasteiger partial charge in [0.15, 0.2) is 5.82 Å². The van der Waals surface area contributed by atoms with Gasteiger partial charge in [-0.05, 0) is 34.8 Å². The zero-order valence-corrected chi connectivity index (χ0v) is 16.1. The largest absolute Gasteiger partial charge is 0.451 e. The van der Waals surface area contributed by atoms with Crippen LogP contribution in [0.15, 0.2) is 18.3 Å². The van der Waals surface area contributed by atoms with Crippen LogP contribution >= 0.6 is 24.0 Å². The normalized spacial score (nSPS) is 11.6. The molecule has 27 heavy (non-hydrogen) atoms. The Kier molecular flexibility index (Phi) is 10.2. The fraction of sp³-hybridized carbons (Fsp3) is 0.500. The third kappa shape index (κ3) is 8.18. The summed E-state index contributed by atoms with van der Waals surface area (Å²) in [6.07, 6.45) is 3.78. The Labute approximate surface area is 168 Å². The summed E-state index contributed by atoms with van der Waals surface area (Å²) in [5, 5.41) is 32.1. The SMILES string of the molecule is Cl.NC(CCCCB(O)O)c1nnnn1CC(=O)NCc1ccc(Cl)nc1. The van der Waals surface area contributed by atoms with Crippen LogP contribution < -0.4 is 11.1 Å². The minimum Gasteiger partial charge on any atom is -0.427 e. The number of nitrogens with zero attached hydrogens (tertiary/aromatic N) is 5. The molecule has 0 saturated heterocycles. The van der Waals surface area contributed by atoms with Crippen molar-refractivity contribution >= 4 is 37.0 Å². The number of unbranched alkanes of at least 4 members (excludes halogenated alkanes) is 1. The Bertz CT molecular complexity index is 702. The number of rotatable bonds is 10. The fourth-order valence-corrected chi connectivity index (χ4v) is 2.43. The maximum Gasteiger partial charge on any atom is 0.451 e. The molecule has 0 aromatic carbocycles. The quantitative estimate of drug-likeness (QED) is 0.241. The molecule has 13 heteroatoms. The molecule has 0 aliphatic carbocycles. The number of pyridine rings is 1. The molecular formula is C14H22BCl2N7O3. The van der Waals surface area contributed by atoms with E-state index in [-0.39, 0.29) is 24.9 Å². The van der Waals surface area contributed by atoms with Gasteiger partial charge in [0.05, 0.1) is 6.04 Å². The minimum absolute atomic E-state index is 0. The average molecular weight is 418 g/mol. The average Bonchev–Trinajstić information content (AvgIpc) is 3.06. The van der Waals surface area contributed by atoms with E-state index >= 15 is 0 Å².